The van der Waals surface area contributed by atoms with Gasteiger partial charge in [0.05, 0.1) is 7.11 Å². The van der Waals surface area contributed by atoms with Crippen LogP contribution in [0.25, 0.3) is 22.1 Å². The normalized spacial score (nSPS) is 12.2. The molecule has 2 aromatic carbocycles. The average Bonchev–Trinajstić information content (AvgIpc) is 2.82. The molecule has 1 amide bonds. The first-order chi connectivity index (χ1) is 17.0. The van der Waals surface area contributed by atoms with Crippen LogP contribution in [0.2, 0.25) is 0 Å². The van der Waals surface area contributed by atoms with Crippen molar-refractivity contribution in [3.63, 3.8) is 0 Å². The highest BCUT2D eigenvalue weighted by atomic mass is 32.2. The molecule has 0 bridgehead atoms. The zero-order chi connectivity index (χ0) is 26.5. The fourth-order valence-electron chi connectivity index (χ4n) is 3.58. The lowest BCUT2D eigenvalue weighted by Crippen LogP contribution is -2.45. The largest absolute Gasteiger partial charge is 0.497 e. The van der Waals surface area contributed by atoms with Crippen LogP contribution >= 0.6 is 11.8 Å². The van der Waals surface area contributed by atoms with Crippen molar-refractivity contribution in [1.29, 1.82) is 0 Å². The Kier molecular flexibility index (Phi) is 8.68. The predicted octanol–water partition coefficient (Wildman–Crippen LogP) is 5.33. The van der Waals surface area contributed by atoms with E-state index in [-0.39, 0.29) is 5.75 Å². The van der Waals surface area contributed by atoms with Crippen molar-refractivity contribution in [2.45, 2.75) is 45.8 Å². The number of rotatable bonds is 8. The molecule has 1 aromatic heterocycles. The van der Waals surface area contributed by atoms with Crippen molar-refractivity contribution in [2.24, 2.45) is 0 Å². The van der Waals surface area contributed by atoms with Gasteiger partial charge >= 0.3 is 17.7 Å². The number of methoxy groups -OCH3 is 1. The first-order valence-corrected chi connectivity index (χ1v) is 12.8. The molecule has 0 saturated heterocycles. The standard InChI is InChI=1S/C27H31NO7S/c1-16-22(33-25(30)21(13-14-36-6)28-26(31)35-27(2,3)4)12-11-19-20(15-23(29)34-24(16)19)17-7-9-18(32-5)10-8-17/h7-12,15,21H,13-14H2,1-6H3,(H,28,31)/t21-/m1/s1. The molecular formula is C27H31NO7S. The lowest BCUT2D eigenvalue weighted by atomic mass is 10.00. The first kappa shape index (κ1) is 27.1. The number of thioether (sulfide) groups is 1. The van der Waals surface area contributed by atoms with Crippen LogP contribution in [-0.4, -0.2) is 42.8 Å². The Bertz CT molecular complexity index is 1290. The molecule has 8 nitrogen and oxygen atoms in total. The maximum absolute atomic E-state index is 13.0. The topological polar surface area (TPSA) is 104 Å². The van der Waals surface area contributed by atoms with Crippen LogP contribution in [-0.2, 0) is 9.53 Å². The number of carbonyl (C=O) groups is 2. The molecule has 1 heterocycles. The third kappa shape index (κ3) is 6.81. The summed E-state index contributed by atoms with van der Waals surface area (Å²) in [6.07, 6.45) is 1.57. The minimum absolute atomic E-state index is 0.239. The van der Waals surface area contributed by atoms with E-state index in [9.17, 15) is 14.4 Å². The molecule has 0 aliphatic heterocycles. The van der Waals surface area contributed by atoms with E-state index in [1.165, 1.54) is 6.07 Å². The molecule has 3 aromatic rings. The van der Waals surface area contributed by atoms with Gasteiger partial charge in [-0.1, -0.05) is 12.1 Å². The van der Waals surface area contributed by atoms with Crippen LogP contribution in [0.5, 0.6) is 11.5 Å². The number of amides is 1. The summed E-state index contributed by atoms with van der Waals surface area (Å²) in [5.74, 6) is 0.938. The van der Waals surface area contributed by atoms with Crippen molar-refractivity contribution in [3.05, 3.63) is 58.4 Å². The number of benzene rings is 2. The van der Waals surface area contributed by atoms with Crippen molar-refractivity contribution < 1.29 is 28.2 Å². The lowest BCUT2D eigenvalue weighted by molar-refractivity contribution is -0.136. The van der Waals surface area contributed by atoms with E-state index >= 15 is 0 Å². The Balaban J connectivity index is 1.91. The van der Waals surface area contributed by atoms with Gasteiger partial charge in [-0.25, -0.2) is 14.4 Å². The molecule has 0 saturated carbocycles. The maximum Gasteiger partial charge on any atom is 0.408 e. The Morgan fingerprint density at radius 2 is 1.81 bits per heavy atom. The summed E-state index contributed by atoms with van der Waals surface area (Å²) >= 11 is 1.54. The lowest BCUT2D eigenvalue weighted by Gasteiger charge is -2.23. The minimum Gasteiger partial charge on any atom is -0.497 e. The number of alkyl carbamates (subject to hydrolysis) is 1. The van der Waals surface area contributed by atoms with Gasteiger partial charge in [0.25, 0.3) is 0 Å². The second-order valence-electron chi connectivity index (χ2n) is 9.17. The zero-order valence-electron chi connectivity index (χ0n) is 21.3. The predicted molar refractivity (Wildman–Crippen MR) is 141 cm³/mol. The third-order valence-electron chi connectivity index (χ3n) is 5.31. The number of carbonyl (C=O) groups excluding carboxylic acids is 2. The molecular weight excluding hydrogens is 482 g/mol. The zero-order valence-corrected chi connectivity index (χ0v) is 22.1. The molecule has 1 N–H and O–H groups in total. The first-order valence-electron chi connectivity index (χ1n) is 11.4. The molecule has 0 radical (unpaired) electrons. The quantitative estimate of drug-likeness (QED) is 0.245. The van der Waals surface area contributed by atoms with Crippen molar-refractivity contribution in [2.75, 3.05) is 19.1 Å². The van der Waals surface area contributed by atoms with Gasteiger partial charge < -0.3 is 23.9 Å². The van der Waals surface area contributed by atoms with Gasteiger partial charge in [-0.3, -0.25) is 0 Å². The Labute approximate surface area is 214 Å². The van der Waals surface area contributed by atoms with Crippen molar-refractivity contribution >= 4 is 34.8 Å². The fraction of sp³-hybridized carbons (Fsp3) is 0.370. The second kappa shape index (κ2) is 11.5. The van der Waals surface area contributed by atoms with Gasteiger partial charge in [-0.2, -0.15) is 11.8 Å². The summed E-state index contributed by atoms with van der Waals surface area (Å²) in [6.45, 7) is 6.94. The summed E-state index contributed by atoms with van der Waals surface area (Å²) in [6, 6.07) is 11.3. The molecule has 3 rings (SSSR count). The number of aryl methyl sites for hydroxylation is 1. The van der Waals surface area contributed by atoms with Gasteiger partial charge in [0.15, 0.2) is 0 Å². The summed E-state index contributed by atoms with van der Waals surface area (Å²) < 4.78 is 21.7. The van der Waals surface area contributed by atoms with E-state index in [4.69, 9.17) is 18.6 Å². The molecule has 0 aliphatic carbocycles. The van der Waals surface area contributed by atoms with E-state index in [1.807, 2.05) is 30.5 Å². The van der Waals surface area contributed by atoms with Gasteiger partial charge in [0.1, 0.15) is 28.7 Å². The summed E-state index contributed by atoms with van der Waals surface area (Å²) in [5.41, 5.74) is 1.09. The number of hydrogen-bond donors (Lipinski definition) is 1. The van der Waals surface area contributed by atoms with Crippen LogP contribution in [0.15, 0.2) is 51.7 Å². The van der Waals surface area contributed by atoms with Gasteiger partial charge in [0, 0.05) is 17.0 Å². The van der Waals surface area contributed by atoms with Crippen LogP contribution in [0.1, 0.15) is 32.8 Å². The van der Waals surface area contributed by atoms with Crippen molar-refractivity contribution in [3.8, 4) is 22.6 Å². The Hall–Kier alpha value is -3.46. The smallest absolute Gasteiger partial charge is 0.408 e. The van der Waals surface area contributed by atoms with Crippen LogP contribution < -0.4 is 20.4 Å². The second-order valence-corrected chi connectivity index (χ2v) is 10.2. The van der Waals surface area contributed by atoms with E-state index in [1.54, 1.807) is 58.7 Å². The highest BCUT2D eigenvalue weighted by Crippen LogP contribution is 2.34. The summed E-state index contributed by atoms with van der Waals surface area (Å²) in [5, 5.41) is 3.30. The number of esters is 1. The van der Waals surface area contributed by atoms with Crippen LogP contribution in [0, 0.1) is 6.92 Å². The highest BCUT2D eigenvalue weighted by Gasteiger charge is 2.26. The fourth-order valence-corrected chi connectivity index (χ4v) is 4.05. The number of fused-ring (bicyclic) bond motifs is 1. The number of nitrogens with one attached hydrogen (secondary N) is 1. The Morgan fingerprint density at radius 3 is 2.42 bits per heavy atom. The van der Waals surface area contributed by atoms with Crippen LogP contribution in [0.4, 0.5) is 4.79 Å². The molecule has 192 valence electrons. The number of hydrogen-bond acceptors (Lipinski definition) is 8. The summed E-state index contributed by atoms with van der Waals surface area (Å²) in [4.78, 5) is 37.7. The molecule has 0 spiro atoms. The molecule has 0 fully saturated rings. The molecule has 36 heavy (non-hydrogen) atoms. The SMILES string of the molecule is COc1ccc(-c2cc(=O)oc3c(C)c(OC(=O)[C@@H](CCSC)NC(=O)OC(C)(C)C)ccc23)cc1. The van der Waals surface area contributed by atoms with E-state index in [0.717, 1.165) is 5.56 Å². The molecule has 1 atom stereocenters. The summed E-state index contributed by atoms with van der Waals surface area (Å²) in [7, 11) is 1.59. The van der Waals surface area contributed by atoms with E-state index < -0.39 is 29.3 Å². The molecule has 0 aliphatic rings. The minimum atomic E-state index is -0.903. The van der Waals surface area contributed by atoms with Crippen LogP contribution in [0.3, 0.4) is 0 Å². The van der Waals surface area contributed by atoms with E-state index in [0.29, 0.717) is 40.0 Å². The Morgan fingerprint density at radius 1 is 1.11 bits per heavy atom. The monoisotopic (exact) mass is 513 g/mol. The molecule has 0 unspecified atom stereocenters. The highest BCUT2D eigenvalue weighted by molar-refractivity contribution is 7.98. The maximum atomic E-state index is 13.0. The average molecular weight is 514 g/mol. The van der Waals surface area contributed by atoms with E-state index in [2.05, 4.69) is 5.32 Å². The van der Waals surface area contributed by atoms with Crippen molar-refractivity contribution in [1.82, 2.24) is 5.32 Å². The number of ether oxygens (including phenoxy) is 3. The van der Waals surface area contributed by atoms with Gasteiger partial charge in [-0.05, 0) is 81.5 Å². The molecule has 9 heteroatoms. The van der Waals surface area contributed by atoms with Gasteiger partial charge in [-0.15, -0.1) is 0 Å². The van der Waals surface area contributed by atoms with Gasteiger partial charge in [0.2, 0.25) is 0 Å². The third-order valence-corrected chi connectivity index (χ3v) is 5.95.